The van der Waals surface area contributed by atoms with Crippen molar-refractivity contribution in [3.8, 4) is 5.88 Å². The molecule has 0 aliphatic carbocycles. The van der Waals surface area contributed by atoms with E-state index < -0.39 is 195 Å². The first kappa shape index (κ1) is 59.9. The van der Waals surface area contributed by atoms with Gasteiger partial charge in [-0.05, 0) is 38.1 Å². The van der Waals surface area contributed by atoms with Crippen LogP contribution >= 0.6 is 0 Å². The van der Waals surface area contributed by atoms with Crippen LogP contribution in [-0.4, -0.2) is 23.0 Å². The van der Waals surface area contributed by atoms with E-state index in [2.05, 4.69) is 4.98 Å². The van der Waals surface area contributed by atoms with E-state index in [4.69, 9.17) is 4.74 Å². The standard InChI is InChI=1S/C32H12BF24.C15H17N2O2/c34-25(35,36)13-1-14(26(37,38)39)6-21(5-13)33(22-7-15(27(40,41)42)2-16(8-22)28(43,44)45,23-9-17(29(46,47)48)3-18(10-23)30(49,50)51)24-11-19(31(52,53)54)4-20(12-24)32(55,56)57;1-12(2)19-15-10-16-8-9-17(15)11-14(18)13-6-4-3-5-7-13/h1-12H;3-10,12H,11H2,1-2H3/q-1;+1. The lowest BCUT2D eigenvalue weighted by molar-refractivity contribution is -0.689. The molecule has 0 bridgehead atoms. The average molecular weight is 1120 g/mol. The van der Waals surface area contributed by atoms with Gasteiger partial charge in [0.25, 0.3) is 0 Å². The molecule has 4 nitrogen and oxygen atoms in total. The second-order valence-electron chi connectivity index (χ2n) is 16.7. The minimum absolute atomic E-state index is 0.0438. The molecule has 0 spiro atoms. The number of hydrogen-bond acceptors (Lipinski definition) is 3. The Kier molecular flexibility index (Phi) is 16.5. The molecule has 0 atom stereocenters. The van der Waals surface area contributed by atoms with Gasteiger partial charge in [0.1, 0.15) is 12.3 Å². The molecule has 6 aromatic rings. The van der Waals surface area contributed by atoms with Gasteiger partial charge in [-0.3, -0.25) is 4.79 Å². The van der Waals surface area contributed by atoms with Crippen LogP contribution in [0.2, 0.25) is 0 Å². The van der Waals surface area contributed by atoms with Gasteiger partial charge < -0.3 is 4.74 Å². The Morgan fingerprint density at radius 3 is 0.947 bits per heavy atom. The fourth-order valence-electron chi connectivity index (χ4n) is 7.78. The van der Waals surface area contributed by atoms with Crippen molar-refractivity contribution in [2.75, 3.05) is 0 Å². The SMILES string of the molecule is CC(C)Oc1cncc[n+]1CC(=O)c1ccccc1.FC(F)(F)c1cc([B-](c2cc(C(F)(F)F)cc(C(F)(F)F)c2)(c2cc(C(F)(F)F)cc(C(F)(F)F)c2)c2cc(C(F)(F)F)cc(C(F)(F)F)c2)cc(C(F)(F)F)c1. The summed E-state index contributed by atoms with van der Waals surface area (Å²) in [4.78, 5) is 16.2. The first-order chi connectivity index (χ1) is 34.4. The Morgan fingerprint density at radius 2 is 0.711 bits per heavy atom. The molecule has 0 aliphatic rings. The first-order valence-corrected chi connectivity index (χ1v) is 20.9. The smallest absolute Gasteiger partial charge is 0.416 e. The zero-order chi connectivity index (χ0) is 57.6. The fraction of sp³-hybridized carbons (Fsp3) is 0.255. The minimum Gasteiger partial charge on any atom is -0.441 e. The van der Waals surface area contributed by atoms with Gasteiger partial charge in [0.15, 0.2) is 6.20 Å². The van der Waals surface area contributed by atoms with E-state index in [1.807, 2.05) is 44.2 Å². The van der Waals surface area contributed by atoms with Gasteiger partial charge in [0.2, 0.25) is 12.3 Å². The highest BCUT2D eigenvalue weighted by molar-refractivity contribution is 7.20. The van der Waals surface area contributed by atoms with Crippen molar-refractivity contribution >= 4 is 33.8 Å². The van der Waals surface area contributed by atoms with Crippen LogP contribution in [0.15, 0.2) is 122 Å². The number of alkyl halides is 24. The summed E-state index contributed by atoms with van der Waals surface area (Å²) in [5.41, 5.74) is -29.5. The molecule has 29 heteroatoms. The highest BCUT2D eigenvalue weighted by Gasteiger charge is 2.47. The number of Topliss-reactive ketones (excluding diaryl/α,β-unsaturated/α-hetero) is 1. The third kappa shape index (κ3) is 14.1. The Hall–Kier alpha value is -6.97. The molecule has 76 heavy (non-hydrogen) atoms. The number of rotatable bonds is 9. The van der Waals surface area contributed by atoms with Crippen molar-refractivity contribution in [3.05, 3.63) is 172 Å². The van der Waals surface area contributed by atoms with Crippen LogP contribution in [-0.2, 0) is 56.0 Å². The number of carbonyl (C=O) groups excluding carboxylic acids is 1. The quantitative estimate of drug-likeness (QED) is 0.0627. The molecule has 0 radical (unpaired) electrons. The molecular weight excluding hydrogens is 1090 g/mol. The summed E-state index contributed by atoms with van der Waals surface area (Å²) in [6.45, 7) is 4.13. The predicted molar refractivity (Wildman–Crippen MR) is 221 cm³/mol. The lowest BCUT2D eigenvalue weighted by Crippen LogP contribution is -2.75. The van der Waals surface area contributed by atoms with Crippen molar-refractivity contribution in [2.24, 2.45) is 0 Å². The maximum Gasteiger partial charge on any atom is 0.416 e. The fourth-order valence-corrected chi connectivity index (χ4v) is 7.78. The van der Waals surface area contributed by atoms with Gasteiger partial charge in [0.05, 0.1) is 56.8 Å². The van der Waals surface area contributed by atoms with Crippen molar-refractivity contribution in [3.63, 3.8) is 0 Å². The van der Waals surface area contributed by atoms with Crippen LogP contribution in [0.4, 0.5) is 105 Å². The topological polar surface area (TPSA) is 43.1 Å². The molecule has 0 aliphatic heterocycles. The van der Waals surface area contributed by atoms with E-state index in [-0.39, 0.29) is 18.4 Å². The van der Waals surface area contributed by atoms with E-state index in [9.17, 15) is 110 Å². The Balaban J connectivity index is 0.000000468. The molecular formula is C47H29BF24N2O2. The second kappa shape index (κ2) is 20.9. The van der Waals surface area contributed by atoms with Crippen LogP contribution in [0.1, 0.15) is 68.7 Å². The molecule has 410 valence electrons. The highest BCUT2D eigenvalue weighted by Crippen LogP contribution is 2.41. The maximum absolute atomic E-state index is 14.2. The minimum atomic E-state index is -6.13. The average Bonchev–Trinajstić information content (AvgIpc) is 3.27. The molecule has 0 saturated heterocycles. The van der Waals surface area contributed by atoms with Gasteiger partial charge in [-0.25, -0.2) is 4.98 Å². The summed E-state index contributed by atoms with van der Waals surface area (Å²) >= 11 is 0. The van der Waals surface area contributed by atoms with Gasteiger partial charge >= 0.3 is 55.3 Å². The lowest BCUT2D eigenvalue weighted by atomic mass is 9.12. The Labute approximate surface area is 411 Å². The Morgan fingerprint density at radius 1 is 0.447 bits per heavy atom. The largest absolute Gasteiger partial charge is 0.441 e. The molecule has 5 aromatic carbocycles. The van der Waals surface area contributed by atoms with Gasteiger partial charge in [-0.2, -0.15) is 132 Å². The number of ketones is 1. The van der Waals surface area contributed by atoms with Gasteiger partial charge in [0, 0.05) is 5.56 Å². The van der Waals surface area contributed by atoms with E-state index in [0.29, 0.717) is 11.4 Å². The number of carbonyl (C=O) groups is 1. The van der Waals surface area contributed by atoms with Gasteiger partial charge in [-0.15, -0.1) is 0 Å². The third-order valence-corrected chi connectivity index (χ3v) is 11.0. The van der Waals surface area contributed by atoms with Crippen LogP contribution in [0, 0.1) is 0 Å². The summed E-state index contributed by atoms with van der Waals surface area (Å²) in [6.07, 6.45) is -49.7. The first-order valence-electron chi connectivity index (χ1n) is 20.9. The number of halogens is 24. The summed E-state index contributed by atoms with van der Waals surface area (Å²) in [5, 5.41) is 0. The molecule has 0 fully saturated rings. The Bertz CT molecular complexity index is 2600. The number of aromatic nitrogens is 2. The number of benzene rings is 5. The lowest BCUT2D eigenvalue weighted by Gasteiger charge is -2.46. The number of hydrogen-bond donors (Lipinski definition) is 0. The van der Waals surface area contributed by atoms with E-state index in [1.165, 1.54) is 0 Å². The van der Waals surface area contributed by atoms with Crippen LogP contribution in [0.25, 0.3) is 0 Å². The van der Waals surface area contributed by atoms with E-state index in [0.717, 1.165) is 0 Å². The third-order valence-electron chi connectivity index (χ3n) is 11.0. The predicted octanol–water partition coefficient (Wildman–Crippen LogP) is 13.3. The van der Waals surface area contributed by atoms with Gasteiger partial charge in [-0.1, -0.05) is 78.9 Å². The molecule has 1 heterocycles. The van der Waals surface area contributed by atoms with Crippen LogP contribution in [0.3, 0.4) is 0 Å². The highest BCUT2D eigenvalue weighted by atomic mass is 19.4. The van der Waals surface area contributed by atoms with Crippen molar-refractivity contribution in [1.29, 1.82) is 0 Å². The molecule has 0 saturated carbocycles. The molecule has 0 N–H and O–H groups in total. The summed E-state index contributed by atoms with van der Waals surface area (Å²) < 4.78 is 348. The van der Waals surface area contributed by atoms with E-state index in [1.54, 1.807) is 23.2 Å². The summed E-state index contributed by atoms with van der Waals surface area (Å²) in [5.74, 6) is 0.646. The second-order valence-corrected chi connectivity index (χ2v) is 16.7. The number of nitrogens with zero attached hydrogens (tertiary/aromatic N) is 2. The van der Waals surface area contributed by atoms with Crippen molar-refractivity contribution in [2.45, 2.75) is 75.9 Å². The number of ether oxygens (including phenoxy) is 1. The molecule has 6 rings (SSSR count). The van der Waals surface area contributed by atoms with E-state index >= 15 is 0 Å². The summed E-state index contributed by atoms with van der Waals surface area (Å²) in [6, 6.07) is 0.422. The normalized spacial score (nSPS) is 13.4. The monoisotopic (exact) mass is 1120 g/mol. The summed E-state index contributed by atoms with van der Waals surface area (Å²) in [7, 11) is 0. The zero-order valence-electron chi connectivity index (χ0n) is 37.7. The molecule has 0 amide bonds. The van der Waals surface area contributed by atoms with Crippen molar-refractivity contribution < 1.29 is 119 Å². The molecule has 0 unspecified atom stereocenters. The maximum atomic E-state index is 14.2. The zero-order valence-corrected chi connectivity index (χ0v) is 37.7. The van der Waals surface area contributed by atoms with Crippen LogP contribution < -0.4 is 31.2 Å². The molecule has 1 aromatic heterocycles. The van der Waals surface area contributed by atoms with Crippen molar-refractivity contribution in [1.82, 2.24) is 4.98 Å². The van der Waals surface area contributed by atoms with Crippen LogP contribution in [0.5, 0.6) is 5.88 Å².